The number of urea groups is 1. The number of anilines is 1. The lowest BCUT2D eigenvalue weighted by atomic mass is 9.78. The number of piperazine rings is 1. The average Bonchev–Trinajstić information content (AvgIpc) is 2.63. The van der Waals surface area contributed by atoms with E-state index >= 15 is 0 Å². The van der Waals surface area contributed by atoms with Crippen LogP contribution in [0.25, 0.3) is 0 Å². The number of halogens is 3. The number of benzene rings is 1. The maximum absolute atomic E-state index is 14.2. The number of aromatic nitrogens is 1. The standard InChI is InChI=1S/C19H21ClF2N4O/c1-12(13-4-3-5-14(21)17(13)20)19(2)11-25(8-9-26(19)18(23)27)16-6-7-24-10-15(16)22/h3-7,10,12H,8-9,11H2,1-2H3,(H2,23,27)/t12-,19?/m0/s1. The molecule has 1 unspecified atom stereocenters. The lowest BCUT2D eigenvalue weighted by Gasteiger charge is -2.52. The summed E-state index contributed by atoms with van der Waals surface area (Å²) in [4.78, 5) is 19.3. The van der Waals surface area contributed by atoms with Crippen molar-refractivity contribution in [1.82, 2.24) is 9.88 Å². The molecule has 3 rings (SSSR count). The summed E-state index contributed by atoms with van der Waals surface area (Å²) in [7, 11) is 0. The highest BCUT2D eigenvalue weighted by atomic mass is 35.5. The van der Waals surface area contributed by atoms with E-state index in [0.717, 1.165) is 6.20 Å². The molecule has 0 aliphatic carbocycles. The third-order valence-electron chi connectivity index (χ3n) is 5.46. The van der Waals surface area contributed by atoms with Gasteiger partial charge in [-0.25, -0.2) is 13.6 Å². The van der Waals surface area contributed by atoms with Crippen molar-refractivity contribution >= 4 is 23.3 Å². The van der Waals surface area contributed by atoms with Gasteiger partial charge in [-0.2, -0.15) is 0 Å². The molecule has 0 saturated carbocycles. The molecule has 144 valence electrons. The summed E-state index contributed by atoms with van der Waals surface area (Å²) in [5, 5.41) is 0.0165. The topological polar surface area (TPSA) is 62.5 Å². The molecule has 0 radical (unpaired) electrons. The Hall–Kier alpha value is -2.41. The lowest BCUT2D eigenvalue weighted by molar-refractivity contribution is 0.0996. The molecule has 5 nitrogen and oxygen atoms in total. The largest absolute Gasteiger partial charge is 0.365 e. The van der Waals surface area contributed by atoms with Crippen molar-refractivity contribution in [3.8, 4) is 0 Å². The molecule has 1 aromatic carbocycles. The average molecular weight is 395 g/mol. The Morgan fingerprint density at radius 3 is 2.70 bits per heavy atom. The van der Waals surface area contributed by atoms with Crippen LogP contribution < -0.4 is 10.6 Å². The Kier molecular flexibility index (Phi) is 5.24. The van der Waals surface area contributed by atoms with Crippen molar-refractivity contribution in [3.63, 3.8) is 0 Å². The number of primary amides is 1. The van der Waals surface area contributed by atoms with Crippen LogP contribution in [0.2, 0.25) is 5.02 Å². The number of nitrogens with zero attached hydrogens (tertiary/aromatic N) is 3. The summed E-state index contributed by atoms with van der Waals surface area (Å²) in [6, 6.07) is 5.61. The summed E-state index contributed by atoms with van der Waals surface area (Å²) in [5.74, 6) is -1.31. The number of nitrogens with two attached hydrogens (primary N) is 1. The number of hydrogen-bond acceptors (Lipinski definition) is 3. The zero-order chi connectivity index (χ0) is 19.8. The van der Waals surface area contributed by atoms with Crippen LogP contribution in [0.4, 0.5) is 19.3 Å². The first-order valence-electron chi connectivity index (χ1n) is 8.61. The minimum atomic E-state index is -0.822. The summed E-state index contributed by atoms with van der Waals surface area (Å²) in [5.41, 5.74) is 5.77. The van der Waals surface area contributed by atoms with E-state index in [9.17, 15) is 13.6 Å². The van der Waals surface area contributed by atoms with Crippen LogP contribution in [-0.2, 0) is 0 Å². The predicted octanol–water partition coefficient (Wildman–Crippen LogP) is 3.78. The fourth-order valence-corrected chi connectivity index (χ4v) is 4.07. The molecule has 2 amide bonds. The molecule has 2 atom stereocenters. The van der Waals surface area contributed by atoms with E-state index in [1.54, 1.807) is 23.1 Å². The number of rotatable bonds is 3. The summed E-state index contributed by atoms with van der Waals surface area (Å²) < 4.78 is 28.2. The zero-order valence-electron chi connectivity index (χ0n) is 15.1. The fraction of sp³-hybridized carbons (Fsp3) is 0.368. The van der Waals surface area contributed by atoms with Gasteiger partial charge in [0, 0.05) is 31.7 Å². The highest BCUT2D eigenvalue weighted by molar-refractivity contribution is 6.31. The third-order valence-corrected chi connectivity index (χ3v) is 5.86. The number of carbonyl (C=O) groups is 1. The first-order chi connectivity index (χ1) is 12.8. The van der Waals surface area contributed by atoms with E-state index in [2.05, 4.69) is 4.98 Å². The SMILES string of the molecule is C[C@@H](c1cccc(F)c1Cl)C1(C)CN(c2ccncc2F)CCN1C(N)=O. The fourth-order valence-electron chi connectivity index (χ4n) is 3.78. The van der Waals surface area contributed by atoms with Gasteiger partial charge in [0.05, 0.1) is 22.4 Å². The highest BCUT2D eigenvalue weighted by Crippen LogP contribution is 2.40. The van der Waals surface area contributed by atoms with Crippen LogP contribution in [0, 0.1) is 11.6 Å². The third kappa shape index (κ3) is 3.43. The van der Waals surface area contributed by atoms with Gasteiger partial charge in [0.2, 0.25) is 0 Å². The van der Waals surface area contributed by atoms with Crippen LogP contribution >= 0.6 is 11.6 Å². The molecule has 27 heavy (non-hydrogen) atoms. The minimum absolute atomic E-state index is 0.0165. The van der Waals surface area contributed by atoms with E-state index in [-0.39, 0.29) is 10.9 Å². The summed E-state index contributed by atoms with van der Waals surface area (Å²) in [6.45, 7) is 4.76. The molecule has 0 bridgehead atoms. The van der Waals surface area contributed by atoms with E-state index in [1.165, 1.54) is 12.3 Å². The van der Waals surface area contributed by atoms with Gasteiger partial charge >= 0.3 is 6.03 Å². The van der Waals surface area contributed by atoms with Gasteiger partial charge in [0.15, 0.2) is 5.82 Å². The molecule has 1 aliphatic rings. The maximum atomic E-state index is 14.2. The van der Waals surface area contributed by atoms with Crippen molar-refractivity contribution < 1.29 is 13.6 Å². The van der Waals surface area contributed by atoms with Gasteiger partial charge in [0.25, 0.3) is 0 Å². The number of hydrogen-bond donors (Lipinski definition) is 1. The Labute approximate surface area is 161 Å². The van der Waals surface area contributed by atoms with Crippen molar-refractivity contribution in [2.24, 2.45) is 5.73 Å². The maximum Gasteiger partial charge on any atom is 0.315 e. The van der Waals surface area contributed by atoms with Crippen LogP contribution in [-0.4, -0.2) is 41.1 Å². The normalized spacial score (nSPS) is 21.2. The molecule has 2 aromatic rings. The Morgan fingerprint density at radius 2 is 2.04 bits per heavy atom. The number of pyridine rings is 1. The zero-order valence-corrected chi connectivity index (χ0v) is 15.9. The van der Waals surface area contributed by atoms with Crippen molar-refractivity contribution in [1.29, 1.82) is 0 Å². The van der Waals surface area contributed by atoms with Crippen molar-refractivity contribution in [3.05, 3.63) is 58.9 Å². The Bertz CT molecular complexity index is 865. The molecule has 2 heterocycles. The van der Waals surface area contributed by atoms with Crippen LogP contribution in [0.1, 0.15) is 25.3 Å². The first kappa shape index (κ1) is 19.4. The molecular weight excluding hydrogens is 374 g/mol. The monoisotopic (exact) mass is 394 g/mol. The molecule has 0 spiro atoms. The Balaban J connectivity index is 2.02. The molecule has 1 aromatic heterocycles. The molecule has 1 aliphatic heterocycles. The van der Waals surface area contributed by atoms with Gasteiger partial charge in [-0.3, -0.25) is 4.98 Å². The van der Waals surface area contributed by atoms with Gasteiger partial charge in [-0.1, -0.05) is 30.7 Å². The molecule has 2 N–H and O–H groups in total. The second kappa shape index (κ2) is 7.31. The van der Waals surface area contributed by atoms with Crippen molar-refractivity contribution in [2.75, 3.05) is 24.5 Å². The van der Waals surface area contributed by atoms with E-state index in [1.807, 2.05) is 18.7 Å². The molecule has 8 heteroatoms. The minimum Gasteiger partial charge on any atom is -0.365 e. The van der Waals surface area contributed by atoms with Gasteiger partial charge in [0.1, 0.15) is 5.82 Å². The Morgan fingerprint density at radius 1 is 1.30 bits per heavy atom. The molecule has 1 fully saturated rings. The summed E-state index contributed by atoms with van der Waals surface area (Å²) >= 11 is 6.18. The second-order valence-electron chi connectivity index (χ2n) is 6.96. The number of carbonyl (C=O) groups excluding carboxylic acids is 1. The predicted molar refractivity (Wildman–Crippen MR) is 101 cm³/mol. The second-order valence-corrected chi connectivity index (χ2v) is 7.34. The first-order valence-corrected chi connectivity index (χ1v) is 8.99. The number of amides is 2. The van der Waals surface area contributed by atoms with E-state index < -0.39 is 23.2 Å². The lowest BCUT2D eigenvalue weighted by Crippen LogP contribution is -2.66. The van der Waals surface area contributed by atoms with Gasteiger partial charge < -0.3 is 15.5 Å². The quantitative estimate of drug-likeness (QED) is 0.861. The molecular formula is C19H21ClF2N4O. The highest BCUT2D eigenvalue weighted by Gasteiger charge is 2.45. The van der Waals surface area contributed by atoms with Gasteiger partial charge in [-0.05, 0) is 24.6 Å². The van der Waals surface area contributed by atoms with Crippen LogP contribution in [0.5, 0.6) is 0 Å². The van der Waals surface area contributed by atoms with Gasteiger partial charge in [-0.15, -0.1) is 0 Å². The van der Waals surface area contributed by atoms with Crippen LogP contribution in [0.15, 0.2) is 36.7 Å². The van der Waals surface area contributed by atoms with E-state index in [4.69, 9.17) is 17.3 Å². The summed E-state index contributed by atoms with van der Waals surface area (Å²) in [6.07, 6.45) is 2.67. The molecule has 1 saturated heterocycles. The van der Waals surface area contributed by atoms with Crippen molar-refractivity contribution in [2.45, 2.75) is 25.3 Å². The van der Waals surface area contributed by atoms with Crippen LogP contribution in [0.3, 0.4) is 0 Å². The smallest absolute Gasteiger partial charge is 0.315 e. The van der Waals surface area contributed by atoms with E-state index in [0.29, 0.717) is 30.9 Å².